The van der Waals surface area contributed by atoms with E-state index in [1.165, 1.54) is 17.7 Å². The topological polar surface area (TPSA) is 186 Å². The van der Waals surface area contributed by atoms with Gasteiger partial charge >= 0.3 is 0 Å². The minimum atomic E-state index is -0.301. The lowest BCUT2D eigenvalue weighted by molar-refractivity contribution is 0.475. The van der Waals surface area contributed by atoms with Gasteiger partial charge in [-0.3, -0.25) is 47.4 Å². The third-order valence-electron chi connectivity index (χ3n) is 22.2. The van der Waals surface area contributed by atoms with E-state index in [9.17, 15) is 28.7 Å². The molecule has 1 N–H and O–H groups in total. The van der Waals surface area contributed by atoms with Gasteiger partial charge < -0.3 is 5.11 Å². The van der Waals surface area contributed by atoms with Crippen molar-refractivity contribution in [3.05, 3.63) is 520 Å². The van der Waals surface area contributed by atoms with Gasteiger partial charge in [0.15, 0.2) is 0 Å². The number of benzene rings is 12. The Morgan fingerprint density at radius 1 is 0.304 bits per heavy atom. The van der Waals surface area contributed by atoms with Crippen LogP contribution in [0.3, 0.4) is 0 Å². The van der Waals surface area contributed by atoms with Gasteiger partial charge in [0.25, 0.3) is 22.2 Å². The average Bonchev–Trinajstić information content (AvgIpc) is 1.06. The van der Waals surface area contributed by atoms with Crippen LogP contribution >= 0.6 is 34.3 Å². The minimum absolute atomic E-state index is 0.0875. The summed E-state index contributed by atoms with van der Waals surface area (Å²) >= 11 is 9.24. The molecule has 0 spiro atoms. The van der Waals surface area contributed by atoms with E-state index in [4.69, 9.17) is 31.5 Å². The number of aromatic nitrogens is 10. The molecule has 664 valence electrons. The van der Waals surface area contributed by atoms with Crippen LogP contribution < -0.4 is 22.2 Å². The molecular weight excluding hydrogens is 1770 g/mol. The third kappa shape index (κ3) is 22.4. The monoisotopic (exact) mass is 1850 g/mol. The molecule has 0 aliphatic rings. The van der Waals surface area contributed by atoms with Crippen LogP contribution in [0.2, 0.25) is 5.02 Å². The Hall–Kier alpha value is -17.9. The molecule has 20 aromatic rings. The summed E-state index contributed by atoms with van der Waals surface area (Å²) in [4.78, 5) is 83.7. The summed E-state index contributed by atoms with van der Waals surface area (Å²) in [6.45, 7) is 9.96. The fraction of sp³-hybridized carbons (Fsp3) is 0.0420. The first-order valence-corrected chi connectivity index (χ1v) is 46.0. The molecule has 8 aromatic heterocycles. The number of thiophene rings is 2. The Bertz CT molecular complexity index is 8410. The highest BCUT2D eigenvalue weighted by molar-refractivity contribution is 7.10. The predicted molar refractivity (Wildman–Crippen MR) is 562 cm³/mol. The molecule has 19 heteroatoms. The van der Waals surface area contributed by atoms with Crippen LogP contribution in [0.4, 0.5) is 4.39 Å². The molecule has 0 amide bonds. The van der Waals surface area contributed by atoms with Crippen molar-refractivity contribution in [3.63, 3.8) is 0 Å². The lowest BCUT2D eigenvalue weighted by Crippen LogP contribution is -2.23. The van der Waals surface area contributed by atoms with Crippen molar-refractivity contribution in [2.24, 2.45) is 0 Å². The van der Waals surface area contributed by atoms with Gasteiger partial charge in [-0.15, -0.1) is 22.7 Å². The van der Waals surface area contributed by atoms with Gasteiger partial charge in [-0.1, -0.05) is 205 Å². The molecule has 138 heavy (non-hydrogen) atoms. The predicted octanol–water partition coefficient (Wildman–Crippen LogP) is 24.8. The molecule has 0 bridgehead atoms. The molecule has 8 heterocycles. The number of phenols is 1. The highest BCUT2D eigenvalue weighted by Crippen LogP contribution is 2.28. The van der Waals surface area contributed by atoms with Crippen molar-refractivity contribution in [1.82, 2.24) is 48.2 Å². The Kier molecular flexibility index (Phi) is 28.8. The zero-order chi connectivity index (χ0) is 95.4. The van der Waals surface area contributed by atoms with Crippen LogP contribution in [0.15, 0.2) is 370 Å². The summed E-state index contributed by atoms with van der Waals surface area (Å²) < 4.78 is 19.9. The van der Waals surface area contributed by atoms with Gasteiger partial charge in [0.2, 0.25) is 0 Å². The maximum atomic E-state index is 13.6. The molecule has 0 fully saturated rings. The zero-order valence-corrected chi connectivity index (χ0v) is 77.6. The van der Waals surface area contributed by atoms with Gasteiger partial charge in [0.05, 0.1) is 76.1 Å². The second kappa shape index (κ2) is 43.2. The van der Waals surface area contributed by atoms with Crippen LogP contribution in [0.25, 0.3) is 115 Å². The van der Waals surface area contributed by atoms with E-state index in [1.807, 2.05) is 330 Å². The van der Waals surface area contributed by atoms with Gasteiger partial charge in [-0.25, -0.2) is 24.3 Å². The van der Waals surface area contributed by atoms with Crippen LogP contribution in [0.1, 0.15) is 117 Å². The highest BCUT2D eigenvalue weighted by Gasteiger charge is 2.20. The standard InChI is InChI=1S/C30H20ClN3O.C30H20FN3O.C30H22N2OS.C29H20N2O2S/c2*1-21-19-23(8-9-24-5-4-18-32-20-24)12-16-28(21)34-29(17-13-22-10-14-25(31)15-11-22)33-27-7-3-2-6-26(27)30(34)35;1-21-8-3-4-9-24(21)15-18-29-31-27-12-6-5-11-26(27)30(33)32(29)28-17-14-23(20-22(28)2)13-16-25-10-7-19-34-25;1-20-19-22(10-15-24-5-4-18-34-24)11-16-27(20)31-28(17-12-21-8-13-23(32)14-9-21)30-26-7-3-2-6-25(26)29(31)33/h2*2-7,10-20H,1H3;3-12,14-15,17-20H,1-2H3;2-9,11-14,16-19,32H,1H3/b2*17-13+;18-15+;17-12+. The summed E-state index contributed by atoms with van der Waals surface area (Å²) in [5.41, 5.74) is 18.9. The first-order valence-electron chi connectivity index (χ1n) is 43.9. The molecule has 0 saturated carbocycles. The number of nitrogens with zero attached hydrogens (tertiary/aromatic N) is 10. The SMILES string of the molecule is Cc1cc(C#Cc2cccnc2)ccc1-n1c(/C=C/c2ccc(Cl)cc2)nc2ccccc2c1=O.Cc1cc(C#Cc2cccnc2)ccc1-n1c(/C=C/c2ccc(F)cc2)nc2ccccc2c1=O.Cc1cc(C#Cc2cccs2)ccc1-n1c(/C=C/c2ccc(O)cc2)nc2ccccc2c1=O.Cc1ccccc1/C=C/c1nc2ccccc2c(=O)n1-c1ccc(C#Cc2cccs2)cc1C. The van der Waals surface area contributed by atoms with Crippen LogP contribution in [0.5, 0.6) is 5.75 Å². The van der Waals surface area contributed by atoms with Gasteiger partial charge in [0.1, 0.15) is 34.9 Å². The first-order chi connectivity index (χ1) is 67.3. The second-order valence-corrected chi connectivity index (χ2v) is 34.2. The van der Waals surface area contributed by atoms with Crippen LogP contribution in [-0.2, 0) is 0 Å². The number of pyridine rings is 2. The van der Waals surface area contributed by atoms with Crippen molar-refractivity contribution in [3.8, 4) is 75.9 Å². The number of phenolic OH excluding ortho intramolecular Hbond substituents is 1. The summed E-state index contributed by atoms with van der Waals surface area (Å²) in [6.07, 6.45) is 21.9. The Balaban J connectivity index is 0.000000127. The number of rotatable bonds is 12. The van der Waals surface area contributed by atoms with E-state index >= 15 is 0 Å². The quantitative estimate of drug-likeness (QED) is 0.115. The first kappa shape index (κ1) is 92.0. The van der Waals surface area contributed by atoms with Crippen LogP contribution in [-0.4, -0.2) is 53.3 Å². The zero-order valence-electron chi connectivity index (χ0n) is 75.2. The van der Waals surface area contributed by atoms with Crippen molar-refractivity contribution < 1.29 is 9.50 Å². The van der Waals surface area contributed by atoms with E-state index in [2.05, 4.69) is 76.4 Å². The molecule has 12 aromatic carbocycles. The maximum absolute atomic E-state index is 13.6. The molecule has 0 aliphatic carbocycles. The molecular formula is C119H82ClFN10O5S2. The molecule has 0 radical (unpaired) electrons. The molecule has 0 atom stereocenters. The minimum Gasteiger partial charge on any atom is -0.508 e. The van der Waals surface area contributed by atoms with Crippen molar-refractivity contribution in [1.29, 1.82) is 0 Å². The number of fused-ring (bicyclic) bond motifs is 4. The maximum Gasteiger partial charge on any atom is 0.266 e. The molecule has 20 rings (SSSR count). The highest BCUT2D eigenvalue weighted by atomic mass is 35.5. The molecule has 0 aliphatic heterocycles. The van der Waals surface area contributed by atoms with Crippen molar-refractivity contribution in [2.75, 3.05) is 0 Å². The number of hydrogen-bond donors (Lipinski definition) is 1. The summed E-state index contributed by atoms with van der Waals surface area (Å²) in [7, 11) is 0. The van der Waals surface area contributed by atoms with Gasteiger partial charge in [0, 0.05) is 63.2 Å². The van der Waals surface area contributed by atoms with E-state index in [1.54, 1.807) is 114 Å². The van der Waals surface area contributed by atoms with E-state index < -0.39 is 0 Å². The molecule has 0 saturated heterocycles. The lowest BCUT2D eigenvalue weighted by atomic mass is 10.1. The fourth-order valence-electron chi connectivity index (χ4n) is 15.2. The third-order valence-corrected chi connectivity index (χ3v) is 24.0. The number of aromatic hydroxyl groups is 1. The number of hydrogen-bond acceptors (Lipinski definition) is 13. The van der Waals surface area contributed by atoms with Gasteiger partial charge in [-0.2, -0.15) is 0 Å². The summed E-state index contributed by atoms with van der Waals surface area (Å²) in [5, 5.41) is 16.5. The Labute approximate surface area is 808 Å². The van der Waals surface area contributed by atoms with Crippen molar-refractivity contribution >= 4 is 126 Å². The average molecular weight is 1850 g/mol. The van der Waals surface area contributed by atoms with Crippen LogP contribution in [0, 0.1) is 87.8 Å². The summed E-state index contributed by atoms with van der Waals surface area (Å²) in [6, 6.07) is 97.0. The van der Waals surface area contributed by atoms with E-state index in [0.29, 0.717) is 71.9 Å². The molecule has 15 nitrogen and oxygen atoms in total. The number of aryl methyl sites for hydroxylation is 5. The Morgan fingerprint density at radius 3 is 0.942 bits per heavy atom. The second-order valence-electron chi connectivity index (χ2n) is 31.8. The number of halogens is 2. The normalized spacial score (nSPS) is 10.9. The van der Waals surface area contributed by atoms with Gasteiger partial charge in [-0.05, 0) is 314 Å². The van der Waals surface area contributed by atoms with E-state index in [0.717, 1.165) is 110 Å². The van der Waals surface area contributed by atoms with E-state index in [-0.39, 0.29) is 33.8 Å². The van der Waals surface area contributed by atoms with Crippen molar-refractivity contribution in [2.45, 2.75) is 34.6 Å². The lowest BCUT2D eigenvalue weighted by Gasteiger charge is -2.14. The largest absolute Gasteiger partial charge is 0.508 e. The smallest absolute Gasteiger partial charge is 0.266 e. The molecule has 0 unspecified atom stereocenters. The Morgan fingerprint density at radius 2 is 0.616 bits per heavy atom. The summed E-state index contributed by atoms with van der Waals surface area (Å²) in [5.74, 6) is 27.4. The number of para-hydroxylation sites is 4. The fourth-order valence-corrected chi connectivity index (χ4v) is 16.5.